The van der Waals surface area contributed by atoms with E-state index in [1.807, 2.05) is 0 Å². The van der Waals surface area contributed by atoms with E-state index in [0.717, 1.165) is 0 Å². The molecule has 0 fully saturated rings. The summed E-state index contributed by atoms with van der Waals surface area (Å²) in [5, 5.41) is 30.3. The zero-order valence-electron chi connectivity index (χ0n) is 8.24. The Balaban J connectivity index is 0. The number of hydrogen-bond acceptors (Lipinski definition) is 4. The topological polar surface area (TPSA) is 149 Å². The van der Waals surface area contributed by atoms with Gasteiger partial charge < -0.3 is 20.4 Å². The van der Waals surface area contributed by atoms with Crippen LogP contribution in [0.3, 0.4) is 0 Å². The lowest BCUT2D eigenvalue weighted by Gasteiger charge is -1.96. The predicted molar refractivity (Wildman–Crippen MR) is 53.9 cm³/mol. The summed E-state index contributed by atoms with van der Waals surface area (Å²) in [4.78, 5) is 38.7. The number of carboxylic acid groups (broad SMARTS) is 4. The SMILES string of the molecule is O=C(O)C=CC(=O)O.O=C(O)CC(Cl)C(=O)O. The Morgan fingerprint density at radius 1 is 0.941 bits per heavy atom. The van der Waals surface area contributed by atoms with Gasteiger partial charge in [-0.2, -0.15) is 0 Å². The first kappa shape index (κ1) is 17.3. The molecule has 17 heavy (non-hydrogen) atoms. The van der Waals surface area contributed by atoms with Gasteiger partial charge in [-0.25, -0.2) is 9.59 Å². The molecule has 0 aromatic rings. The Bertz CT molecular complexity index is 318. The lowest BCUT2D eigenvalue weighted by atomic mass is 10.3. The molecule has 0 aliphatic rings. The molecule has 0 saturated carbocycles. The van der Waals surface area contributed by atoms with E-state index in [1.165, 1.54) is 0 Å². The molecule has 0 aliphatic heterocycles. The second-order valence-electron chi connectivity index (χ2n) is 2.41. The molecule has 0 saturated heterocycles. The van der Waals surface area contributed by atoms with Crippen molar-refractivity contribution >= 4 is 35.5 Å². The average molecular weight is 269 g/mol. The summed E-state index contributed by atoms with van der Waals surface area (Å²) in [6.07, 6.45) is 0.571. The van der Waals surface area contributed by atoms with Gasteiger partial charge in [0.2, 0.25) is 0 Å². The molecule has 0 heterocycles. The highest BCUT2D eigenvalue weighted by Crippen LogP contribution is 2.00. The van der Waals surface area contributed by atoms with E-state index in [-0.39, 0.29) is 0 Å². The quantitative estimate of drug-likeness (QED) is 0.398. The van der Waals surface area contributed by atoms with Crippen molar-refractivity contribution in [3.63, 3.8) is 0 Å². The van der Waals surface area contributed by atoms with Crippen molar-refractivity contribution in [3.05, 3.63) is 12.2 Å². The molecule has 0 aromatic heterocycles. The normalized spacial score (nSPS) is 11.1. The summed E-state index contributed by atoms with van der Waals surface area (Å²) in [5.41, 5.74) is 0. The van der Waals surface area contributed by atoms with E-state index in [1.54, 1.807) is 0 Å². The zero-order valence-corrected chi connectivity index (χ0v) is 8.99. The fraction of sp³-hybridized carbons (Fsp3) is 0.250. The van der Waals surface area contributed by atoms with Gasteiger partial charge in [0.25, 0.3) is 0 Å². The van der Waals surface area contributed by atoms with Gasteiger partial charge in [0.1, 0.15) is 5.38 Å². The summed E-state index contributed by atoms with van der Waals surface area (Å²) in [7, 11) is 0. The van der Waals surface area contributed by atoms with Gasteiger partial charge in [-0.05, 0) is 0 Å². The molecule has 1 unspecified atom stereocenters. The van der Waals surface area contributed by atoms with Gasteiger partial charge in [0.05, 0.1) is 6.42 Å². The third-order valence-corrected chi connectivity index (χ3v) is 1.33. The number of alkyl halides is 1. The third-order valence-electron chi connectivity index (χ3n) is 0.990. The molecule has 96 valence electrons. The van der Waals surface area contributed by atoms with Crippen LogP contribution < -0.4 is 0 Å². The molecule has 0 spiro atoms. The lowest BCUT2D eigenvalue weighted by molar-refractivity contribution is -0.143. The summed E-state index contributed by atoms with van der Waals surface area (Å²) >= 11 is 5.03. The largest absolute Gasteiger partial charge is 0.481 e. The van der Waals surface area contributed by atoms with Gasteiger partial charge in [0.15, 0.2) is 0 Å². The Labute approximate surface area is 99.7 Å². The highest BCUT2D eigenvalue weighted by molar-refractivity contribution is 6.30. The van der Waals surface area contributed by atoms with Crippen LogP contribution in [0.2, 0.25) is 0 Å². The molecule has 9 heteroatoms. The smallest absolute Gasteiger partial charge is 0.328 e. The molecule has 0 rings (SSSR count). The number of hydrogen-bond donors (Lipinski definition) is 4. The van der Waals surface area contributed by atoms with Crippen LogP contribution in [-0.4, -0.2) is 49.7 Å². The third kappa shape index (κ3) is 16.6. The van der Waals surface area contributed by atoms with Crippen LogP contribution >= 0.6 is 11.6 Å². The molecule has 8 nitrogen and oxygen atoms in total. The standard InChI is InChI=1S/C4H5ClO4.C4H4O4/c5-2(4(8)9)1-3(6)7;5-3(6)1-2-4(7)8/h2H,1H2,(H,6,7)(H,8,9);1-2H,(H,5,6)(H,7,8). The van der Waals surface area contributed by atoms with Crippen molar-refractivity contribution in [2.75, 3.05) is 0 Å². The number of carbonyl (C=O) groups is 4. The van der Waals surface area contributed by atoms with Crippen molar-refractivity contribution in [1.82, 2.24) is 0 Å². The summed E-state index contributed by atoms with van der Waals surface area (Å²) < 4.78 is 0. The monoisotopic (exact) mass is 268 g/mol. The van der Waals surface area contributed by atoms with Crippen molar-refractivity contribution in [2.45, 2.75) is 11.8 Å². The highest BCUT2D eigenvalue weighted by atomic mass is 35.5. The van der Waals surface area contributed by atoms with E-state index < -0.39 is 35.7 Å². The molecule has 0 radical (unpaired) electrons. The van der Waals surface area contributed by atoms with Crippen LogP contribution in [0, 0.1) is 0 Å². The summed E-state index contributed by atoms with van der Waals surface area (Å²) in [6, 6.07) is 0. The van der Waals surface area contributed by atoms with Crippen molar-refractivity contribution in [2.24, 2.45) is 0 Å². The number of aliphatic carboxylic acids is 4. The van der Waals surface area contributed by atoms with Crippen LogP contribution in [0.1, 0.15) is 6.42 Å². The van der Waals surface area contributed by atoms with Gasteiger partial charge in [0, 0.05) is 12.2 Å². The fourth-order valence-electron chi connectivity index (χ4n) is 0.383. The minimum Gasteiger partial charge on any atom is -0.481 e. The minimum atomic E-state index is -1.32. The molecule has 0 bridgehead atoms. The van der Waals surface area contributed by atoms with E-state index in [4.69, 9.17) is 32.0 Å². The molecule has 0 aromatic carbocycles. The second kappa shape index (κ2) is 9.16. The second-order valence-corrected chi connectivity index (χ2v) is 2.94. The van der Waals surface area contributed by atoms with Gasteiger partial charge >= 0.3 is 23.9 Å². The minimum absolute atomic E-state index is 0.545. The van der Waals surface area contributed by atoms with E-state index in [0.29, 0.717) is 12.2 Å². The molecule has 0 amide bonds. The van der Waals surface area contributed by atoms with Crippen LogP contribution in [-0.2, 0) is 19.2 Å². The maximum atomic E-state index is 9.84. The predicted octanol–water partition coefficient (Wildman–Crippen LogP) is -0.135. The van der Waals surface area contributed by atoms with Crippen LogP contribution in [0.25, 0.3) is 0 Å². The molecule has 0 aliphatic carbocycles. The first-order valence-electron chi connectivity index (χ1n) is 3.89. The molecule has 4 N–H and O–H groups in total. The van der Waals surface area contributed by atoms with Crippen molar-refractivity contribution in [1.29, 1.82) is 0 Å². The maximum absolute atomic E-state index is 9.84. The first-order chi connectivity index (χ1) is 7.66. The van der Waals surface area contributed by atoms with E-state index in [2.05, 4.69) is 0 Å². The fourth-order valence-corrected chi connectivity index (χ4v) is 0.515. The molecular weight excluding hydrogens is 260 g/mol. The Hall–Kier alpha value is -2.09. The Morgan fingerprint density at radius 3 is 1.41 bits per heavy atom. The van der Waals surface area contributed by atoms with Crippen molar-refractivity contribution < 1.29 is 39.6 Å². The van der Waals surface area contributed by atoms with Crippen LogP contribution in [0.4, 0.5) is 0 Å². The van der Waals surface area contributed by atoms with Gasteiger partial charge in [-0.1, -0.05) is 0 Å². The summed E-state index contributed by atoms with van der Waals surface area (Å²) in [6.45, 7) is 0. The van der Waals surface area contributed by atoms with Crippen molar-refractivity contribution in [3.8, 4) is 0 Å². The summed E-state index contributed by atoms with van der Waals surface area (Å²) in [5.74, 6) is -5.03. The first-order valence-corrected chi connectivity index (χ1v) is 4.33. The average Bonchev–Trinajstić information content (AvgIpc) is 2.14. The van der Waals surface area contributed by atoms with Gasteiger partial charge in [-0.3, -0.25) is 9.59 Å². The Kier molecular flexibility index (Phi) is 9.33. The van der Waals surface area contributed by atoms with E-state index in [9.17, 15) is 19.2 Å². The highest BCUT2D eigenvalue weighted by Gasteiger charge is 2.16. The number of carboxylic acids is 4. The van der Waals surface area contributed by atoms with Gasteiger partial charge in [-0.15, -0.1) is 11.6 Å². The number of rotatable bonds is 5. The number of halogens is 1. The zero-order chi connectivity index (χ0) is 14.0. The Morgan fingerprint density at radius 2 is 1.29 bits per heavy atom. The van der Waals surface area contributed by atoms with Crippen LogP contribution in [0.15, 0.2) is 12.2 Å². The lowest BCUT2D eigenvalue weighted by Crippen LogP contribution is -2.17. The molecule has 1 atom stereocenters. The van der Waals surface area contributed by atoms with Crippen LogP contribution in [0.5, 0.6) is 0 Å². The molecular formula is C8H9ClO8. The van der Waals surface area contributed by atoms with E-state index >= 15 is 0 Å². The maximum Gasteiger partial charge on any atom is 0.328 e.